The Balaban J connectivity index is 2.00. The van der Waals surface area contributed by atoms with E-state index in [0.29, 0.717) is 18.2 Å². The van der Waals surface area contributed by atoms with Gasteiger partial charge in [0, 0.05) is 0 Å². The highest BCUT2D eigenvalue weighted by Gasteiger charge is 2.39. The molecule has 1 saturated heterocycles. The summed E-state index contributed by atoms with van der Waals surface area (Å²) in [4.78, 5) is 0. The number of nitrogens with zero attached hydrogens (tertiary/aromatic N) is 1. The highest BCUT2D eigenvalue weighted by Crippen LogP contribution is 2.43. The second-order valence-electron chi connectivity index (χ2n) is 5.13. The van der Waals surface area contributed by atoms with Gasteiger partial charge in [-0.05, 0) is 24.3 Å². The molecule has 1 fully saturated rings. The molecule has 3 rings (SSSR count). The van der Waals surface area contributed by atoms with Gasteiger partial charge >= 0.3 is 0 Å². The van der Waals surface area contributed by atoms with Gasteiger partial charge in [0.15, 0.2) is 0 Å². The molecule has 1 aliphatic heterocycles. The van der Waals surface area contributed by atoms with Crippen LogP contribution in [0.25, 0.3) is 0 Å². The van der Waals surface area contributed by atoms with Gasteiger partial charge in [-0.2, -0.15) is 0 Å². The Morgan fingerprint density at radius 2 is 1.45 bits per heavy atom. The third kappa shape index (κ3) is 2.49. The molecule has 0 bridgehead atoms. The van der Waals surface area contributed by atoms with Crippen LogP contribution in [0, 0.1) is 0 Å². The summed E-state index contributed by atoms with van der Waals surface area (Å²) in [7, 11) is 0. The summed E-state index contributed by atoms with van der Waals surface area (Å²) < 4.78 is 2.45. The highest BCUT2D eigenvalue weighted by molar-refractivity contribution is 7.96. The molecular formula is C17H20N2S. The standard InChI is InChI=1S/C17H20N2S/c1-13-18-16(14-9-5-3-6-10-14)17(19(13)20-2)15-11-7-4-8-12-15/h3-13,16-18H,1-2H3. The fraction of sp³-hybridized carbons (Fsp3) is 0.294. The first-order chi connectivity index (χ1) is 9.81. The molecule has 1 heterocycles. The average Bonchev–Trinajstić information content (AvgIpc) is 2.85. The fourth-order valence-corrected chi connectivity index (χ4v) is 3.86. The number of rotatable bonds is 3. The molecule has 0 saturated carbocycles. The zero-order chi connectivity index (χ0) is 13.9. The van der Waals surface area contributed by atoms with Gasteiger partial charge in [0.2, 0.25) is 0 Å². The average molecular weight is 284 g/mol. The van der Waals surface area contributed by atoms with Crippen molar-refractivity contribution < 1.29 is 0 Å². The largest absolute Gasteiger partial charge is 0.292 e. The number of hydrogen-bond acceptors (Lipinski definition) is 3. The van der Waals surface area contributed by atoms with Gasteiger partial charge in [-0.15, -0.1) is 0 Å². The van der Waals surface area contributed by atoms with Gasteiger partial charge in [0.05, 0.1) is 18.2 Å². The SMILES string of the molecule is CSN1C(C)NC(c2ccccc2)C1c1ccccc1. The first-order valence-corrected chi connectivity index (χ1v) is 8.18. The van der Waals surface area contributed by atoms with Crippen molar-refractivity contribution >= 4 is 11.9 Å². The number of hydrogen-bond donors (Lipinski definition) is 1. The van der Waals surface area contributed by atoms with E-state index in [1.165, 1.54) is 11.1 Å². The molecule has 0 amide bonds. The zero-order valence-corrected chi connectivity index (χ0v) is 12.7. The molecular weight excluding hydrogens is 264 g/mol. The van der Waals surface area contributed by atoms with Gasteiger partial charge in [0.1, 0.15) is 0 Å². The molecule has 20 heavy (non-hydrogen) atoms. The summed E-state index contributed by atoms with van der Waals surface area (Å²) in [5.74, 6) is 0. The quantitative estimate of drug-likeness (QED) is 0.858. The van der Waals surface area contributed by atoms with Gasteiger partial charge in [0.25, 0.3) is 0 Å². The van der Waals surface area contributed by atoms with Crippen LogP contribution in [0.4, 0.5) is 0 Å². The molecule has 1 aliphatic rings. The minimum absolute atomic E-state index is 0.334. The van der Waals surface area contributed by atoms with Crippen LogP contribution in [0.15, 0.2) is 60.7 Å². The predicted molar refractivity (Wildman–Crippen MR) is 86.3 cm³/mol. The number of nitrogens with one attached hydrogen (secondary N) is 1. The van der Waals surface area contributed by atoms with E-state index in [4.69, 9.17) is 0 Å². The van der Waals surface area contributed by atoms with Crippen LogP contribution < -0.4 is 5.32 Å². The smallest absolute Gasteiger partial charge is 0.0680 e. The lowest BCUT2D eigenvalue weighted by molar-refractivity contribution is 0.369. The van der Waals surface area contributed by atoms with E-state index in [0.717, 1.165) is 0 Å². The number of benzene rings is 2. The summed E-state index contributed by atoms with van der Waals surface area (Å²) in [5.41, 5.74) is 2.72. The Bertz CT molecular complexity index is 543. The first kappa shape index (κ1) is 13.7. The lowest BCUT2D eigenvalue weighted by atomic mass is 9.95. The van der Waals surface area contributed by atoms with Gasteiger partial charge < -0.3 is 0 Å². The second kappa shape index (κ2) is 6.00. The van der Waals surface area contributed by atoms with Gasteiger partial charge in [-0.3, -0.25) is 5.32 Å². The summed E-state index contributed by atoms with van der Waals surface area (Å²) in [6, 6.07) is 22.2. The van der Waals surface area contributed by atoms with Crippen molar-refractivity contribution in [3.05, 3.63) is 71.8 Å². The van der Waals surface area contributed by atoms with E-state index < -0.39 is 0 Å². The Labute approximate surface area is 125 Å². The molecule has 0 radical (unpaired) electrons. The molecule has 0 spiro atoms. The normalized spacial score (nSPS) is 26.8. The third-order valence-electron chi connectivity index (χ3n) is 3.90. The van der Waals surface area contributed by atoms with Crippen molar-refractivity contribution in [3.8, 4) is 0 Å². The molecule has 3 atom stereocenters. The van der Waals surface area contributed by atoms with Crippen LogP contribution in [0.2, 0.25) is 0 Å². The molecule has 2 aromatic carbocycles. The van der Waals surface area contributed by atoms with E-state index in [1.54, 1.807) is 0 Å². The molecule has 3 unspecified atom stereocenters. The summed E-state index contributed by atoms with van der Waals surface area (Å²) in [6.07, 6.45) is 2.52. The molecule has 0 aromatic heterocycles. The van der Waals surface area contributed by atoms with E-state index in [9.17, 15) is 0 Å². The Morgan fingerprint density at radius 3 is 2.00 bits per heavy atom. The predicted octanol–water partition coefficient (Wildman–Crippen LogP) is 4.00. The Kier molecular flexibility index (Phi) is 4.10. The molecule has 2 nitrogen and oxygen atoms in total. The highest BCUT2D eigenvalue weighted by atomic mass is 32.2. The van der Waals surface area contributed by atoms with Crippen LogP contribution in [-0.4, -0.2) is 16.7 Å². The summed E-state index contributed by atoms with van der Waals surface area (Å²) >= 11 is 1.81. The zero-order valence-electron chi connectivity index (χ0n) is 11.9. The molecule has 3 heteroatoms. The van der Waals surface area contributed by atoms with Gasteiger partial charge in [-0.1, -0.05) is 72.6 Å². The molecule has 0 aliphatic carbocycles. The van der Waals surface area contributed by atoms with Gasteiger partial charge in [-0.25, -0.2) is 4.31 Å². The van der Waals surface area contributed by atoms with Crippen LogP contribution in [0.1, 0.15) is 30.1 Å². The van der Waals surface area contributed by atoms with E-state index in [-0.39, 0.29) is 0 Å². The third-order valence-corrected chi connectivity index (χ3v) is 4.87. The maximum Gasteiger partial charge on any atom is 0.0680 e. The first-order valence-electron chi connectivity index (χ1n) is 6.99. The van der Waals surface area contributed by atoms with E-state index >= 15 is 0 Å². The van der Waals surface area contributed by atoms with Crippen LogP contribution in [0.5, 0.6) is 0 Å². The Hall–Kier alpha value is -1.29. The van der Waals surface area contributed by atoms with Crippen molar-refractivity contribution in [2.24, 2.45) is 0 Å². The van der Waals surface area contributed by atoms with Crippen LogP contribution in [0.3, 0.4) is 0 Å². The maximum atomic E-state index is 3.72. The van der Waals surface area contributed by atoms with Crippen LogP contribution >= 0.6 is 11.9 Å². The molecule has 2 aromatic rings. The maximum absolute atomic E-state index is 3.72. The molecule has 104 valence electrons. The Morgan fingerprint density at radius 1 is 0.900 bits per heavy atom. The topological polar surface area (TPSA) is 15.3 Å². The lowest BCUT2D eigenvalue weighted by Gasteiger charge is -2.27. The summed E-state index contributed by atoms with van der Waals surface area (Å²) in [5, 5.41) is 3.72. The van der Waals surface area contributed by atoms with Crippen molar-refractivity contribution in [1.29, 1.82) is 0 Å². The van der Waals surface area contributed by atoms with Crippen molar-refractivity contribution in [2.45, 2.75) is 25.2 Å². The van der Waals surface area contributed by atoms with Crippen molar-refractivity contribution in [2.75, 3.05) is 6.26 Å². The van der Waals surface area contributed by atoms with Crippen molar-refractivity contribution in [3.63, 3.8) is 0 Å². The fourth-order valence-electron chi connectivity index (χ4n) is 3.01. The second-order valence-corrected chi connectivity index (χ2v) is 5.92. The lowest BCUT2D eigenvalue weighted by Crippen LogP contribution is -2.28. The van der Waals surface area contributed by atoms with Crippen LogP contribution in [-0.2, 0) is 0 Å². The monoisotopic (exact) mass is 284 g/mol. The van der Waals surface area contributed by atoms with Crippen molar-refractivity contribution in [1.82, 2.24) is 9.62 Å². The minimum Gasteiger partial charge on any atom is -0.292 e. The van der Waals surface area contributed by atoms with E-state index in [2.05, 4.69) is 83.5 Å². The van der Waals surface area contributed by atoms with E-state index in [1.807, 2.05) is 11.9 Å². The minimum atomic E-state index is 0.334. The molecule has 1 N–H and O–H groups in total. The summed E-state index contributed by atoms with van der Waals surface area (Å²) in [6.45, 7) is 2.23.